The van der Waals surface area contributed by atoms with Crippen LogP contribution in [0.5, 0.6) is 0 Å². The van der Waals surface area contributed by atoms with E-state index in [1.807, 2.05) is 0 Å². The standard InChI is InChI=1S/C50H78N16O13S/c51-47(52)58-13-1-5-36(61-45(71)37(6-2-14-59-48(53)54)60-42(68)34-10-16-55-17-11-34)44(70)57-18-22-74-24-26-76-28-30-78-32-31-77-29-27-75-25-23-73-21-12-41(67)56-15-4-19-66-39-9-8-35(33-38(39)62-50(66)72)43(69)63-49-65-64-46(80-49)40-7-3-20-79-40/h3,7-9,20,33-34,36-37,55H,1-2,4-6,10-19,21-32H2,(H,56,67)(H,57,70)(H,60,68)(H,61,71)(H,62,72)(H4,51,52,58)(H4,53,54,59)(H,63,65,69)/t36-,37-/m0/s1. The van der Waals surface area contributed by atoms with Crippen molar-refractivity contribution in [2.75, 3.05) is 124 Å². The lowest BCUT2D eigenvalue weighted by Crippen LogP contribution is -2.55. The first-order valence-corrected chi connectivity index (χ1v) is 27.5. The van der Waals surface area contributed by atoms with Crippen LogP contribution in [0.2, 0.25) is 0 Å². The number of ether oxygens (including phenoxy) is 6. The molecule has 29 nitrogen and oxygen atoms in total. The highest BCUT2D eigenvalue weighted by Gasteiger charge is 2.29. The highest BCUT2D eigenvalue weighted by Crippen LogP contribution is 2.27. The number of benzene rings is 1. The molecule has 5 amide bonds. The third-order valence-corrected chi connectivity index (χ3v) is 12.9. The molecule has 30 heteroatoms. The second kappa shape index (κ2) is 37.0. The number of anilines is 1. The van der Waals surface area contributed by atoms with Gasteiger partial charge in [0.05, 0.1) is 96.6 Å². The average Bonchev–Trinajstić information content (AvgIpc) is 4.29. The van der Waals surface area contributed by atoms with E-state index in [0.717, 1.165) is 0 Å². The molecular formula is C50H78N16O13S. The van der Waals surface area contributed by atoms with Gasteiger partial charge < -0.3 is 87.3 Å². The summed E-state index contributed by atoms with van der Waals surface area (Å²) in [6.45, 7) is 6.76. The summed E-state index contributed by atoms with van der Waals surface area (Å²) in [7, 11) is 0. The van der Waals surface area contributed by atoms with E-state index in [1.165, 1.54) is 17.6 Å². The normalized spacial score (nSPS) is 13.3. The van der Waals surface area contributed by atoms with Crippen LogP contribution in [-0.2, 0) is 54.1 Å². The predicted molar refractivity (Wildman–Crippen MR) is 298 cm³/mol. The number of aryl methyl sites for hydroxylation is 1. The summed E-state index contributed by atoms with van der Waals surface area (Å²) in [4.78, 5) is 88.6. The molecule has 0 radical (unpaired) electrons. The Morgan fingerprint density at radius 2 is 1.32 bits per heavy atom. The maximum Gasteiger partial charge on any atom is 0.326 e. The first-order chi connectivity index (χ1) is 38.9. The van der Waals surface area contributed by atoms with E-state index in [2.05, 4.69) is 57.1 Å². The van der Waals surface area contributed by atoms with Crippen LogP contribution in [0.25, 0.3) is 21.8 Å². The minimum atomic E-state index is -0.928. The van der Waals surface area contributed by atoms with E-state index in [0.29, 0.717) is 150 Å². The van der Waals surface area contributed by atoms with E-state index in [1.54, 1.807) is 34.9 Å². The number of aromatic nitrogens is 4. The second-order valence-corrected chi connectivity index (χ2v) is 19.1. The van der Waals surface area contributed by atoms with Gasteiger partial charge in [-0.3, -0.25) is 43.8 Å². The lowest BCUT2D eigenvalue weighted by molar-refractivity contribution is -0.133. The van der Waals surface area contributed by atoms with Gasteiger partial charge in [0, 0.05) is 50.6 Å². The number of imidazole rings is 1. The van der Waals surface area contributed by atoms with Crippen LogP contribution in [0.15, 0.2) is 55.8 Å². The minimum absolute atomic E-state index is 0.0727. The van der Waals surface area contributed by atoms with Crippen molar-refractivity contribution in [1.82, 2.24) is 46.3 Å². The second-order valence-electron chi connectivity index (χ2n) is 18.1. The van der Waals surface area contributed by atoms with Crippen molar-refractivity contribution in [2.45, 2.75) is 70.0 Å². The fourth-order valence-electron chi connectivity index (χ4n) is 7.95. The molecule has 442 valence electrons. The van der Waals surface area contributed by atoms with Crippen LogP contribution in [0.4, 0.5) is 5.13 Å². The summed E-state index contributed by atoms with van der Waals surface area (Å²) >= 11 is 1.17. The highest BCUT2D eigenvalue weighted by atomic mass is 32.1. The summed E-state index contributed by atoms with van der Waals surface area (Å²) in [5, 5.41) is 26.1. The number of nitrogens with one attached hydrogen (secondary N) is 7. The van der Waals surface area contributed by atoms with E-state index >= 15 is 0 Å². The summed E-state index contributed by atoms with van der Waals surface area (Å²) in [6.07, 6.45) is 4.85. The van der Waals surface area contributed by atoms with Gasteiger partial charge in [0.2, 0.25) is 28.8 Å². The monoisotopic (exact) mass is 1140 g/mol. The quantitative estimate of drug-likeness (QED) is 0.0142. The maximum atomic E-state index is 13.6. The number of hydrogen-bond acceptors (Lipinski definition) is 19. The third-order valence-electron chi connectivity index (χ3n) is 12.0. The molecule has 3 aromatic heterocycles. The zero-order chi connectivity index (χ0) is 57.2. The largest absolute Gasteiger partial charge is 0.462 e. The number of rotatable bonds is 41. The van der Waals surface area contributed by atoms with Gasteiger partial charge in [0.1, 0.15) is 12.1 Å². The first kappa shape index (κ1) is 63.8. The van der Waals surface area contributed by atoms with Gasteiger partial charge in [-0.25, -0.2) is 4.79 Å². The summed E-state index contributed by atoms with van der Waals surface area (Å²) in [5.41, 5.74) is 23.0. The Kier molecular flexibility index (Phi) is 29.5. The smallest absolute Gasteiger partial charge is 0.326 e. The molecular weight excluding hydrogens is 1060 g/mol. The molecule has 15 N–H and O–H groups in total. The molecule has 4 heterocycles. The summed E-state index contributed by atoms with van der Waals surface area (Å²) in [5.74, 6) is -1.54. The molecule has 1 aliphatic rings. The van der Waals surface area contributed by atoms with Gasteiger partial charge >= 0.3 is 5.69 Å². The zero-order valence-corrected chi connectivity index (χ0v) is 45.9. The molecule has 5 rings (SSSR count). The van der Waals surface area contributed by atoms with Crippen molar-refractivity contribution >= 4 is 69.0 Å². The Morgan fingerprint density at radius 1 is 0.725 bits per heavy atom. The molecule has 0 saturated carbocycles. The van der Waals surface area contributed by atoms with Crippen LogP contribution >= 0.6 is 11.3 Å². The number of guanidine groups is 2. The lowest BCUT2D eigenvalue weighted by Gasteiger charge is -2.26. The number of aromatic amines is 1. The molecule has 0 spiro atoms. The van der Waals surface area contributed by atoms with Crippen LogP contribution in [-0.4, -0.2) is 192 Å². The van der Waals surface area contributed by atoms with Crippen LogP contribution in [0, 0.1) is 5.92 Å². The third kappa shape index (κ3) is 24.5. The highest BCUT2D eigenvalue weighted by molar-refractivity contribution is 7.18. The number of carbonyl (C=O) groups is 5. The number of aliphatic imine (C=N–C) groups is 2. The number of H-pyrrole nitrogens is 1. The van der Waals surface area contributed by atoms with Crippen LogP contribution in [0.1, 0.15) is 61.7 Å². The number of fused-ring (bicyclic) bond motifs is 1. The number of amides is 5. The van der Waals surface area contributed by atoms with Gasteiger partial charge in [-0.2, -0.15) is 0 Å². The summed E-state index contributed by atoms with van der Waals surface area (Å²) in [6, 6.07) is 6.57. The van der Waals surface area contributed by atoms with Crippen LogP contribution in [0.3, 0.4) is 0 Å². The summed E-state index contributed by atoms with van der Waals surface area (Å²) < 4.78 is 40.1. The number of piperidine rings is 1. The fourth-order valence-corrected chi connectivity index (χ4v) is 8.66. The fraction of sp³-hybridized carbons (Fsp3) is 0.600. The Balaban J connectivity index is 0.814. The SMILES string of the molecule is NC(N)=NCCC[C@H](NC(=O)C1CCNCC1)C(=O)N[C@@H](CCCN=C(N)N)C(=O)NCCOCCOCCOCCOCCOCCOCCC(=O)NCCCn1c(=O)[nH]c2cc(C(=O)Nc3nnc(-c4ccco4)s3)ccc21. The molecule has 4 aromatic rings. The molecule has 2 atom stereocenters. The predicted octanol–water partition coefficient (Wildman–Crippen LogP) is -1.12. The molecule has 1 saturated heterocycles. The van der Waals surface area contributed by atoms with E-state index < -0.39 is 29.8 Å². The molecule has 0 aliphatic carbocycles. The topological polar surface area (TPSA) is 418 Å². The van der Waals surface area contributed by atoms with Gasteiger partial charge in [-0.05, 0) is 88.4 Å². The maximum absolute atomic E-state index is 13.6. The van der Waals surface area contributed by atoms with Gasteiger partial charge in [-0.1, -0.05) is 11.3 Å². The van der Waals surface area contributed by atoms with Gasteiger partial charge in [0.15, 0.2) is 22.7 Å². The molecule has 1 aromatic carbocycles. The Bertz CT molecular complexity index is 2600. The Hall–Kier alpha value is -7.06. The molecule has 0 unspecified atom stereocenters. The van der Waals surface area contributed by atoms with Crippen LogP contribution < -0.4 is 60.5 Å². The van der Waals surface area contributed by atoms with E-state index in [9.17, 15) is 28.8 Å². The van der Waals surface area contributed by atoms with Gasteiger partial charge in [0.25, 0.3) is 5.91 Å². The van der Waals surface area contributed by atoms with Crippen molar-refractivity contribution < 1.29 is 56.8 Å². The van der Waals surface area contributed by atoms with Crippen molar-refractivity contribution in [1.29, 1.82) is 0 Å². The zero-order valence-electron chi connectivity index (χ0n) is 45.0. The van der Waals surface area contributed by atoms with E-state index in [-0.39, 0.29) is 94.1 Å². The average molecular weight is 1140 g/mol. The number of nitrogens with two attached hydrogens (primary N) is 4. The minimum Gasteiger partial charge on any atom is -0.462 e. The Labute approximate surface area is 466 Å². The number of carbonyl (C=O) groups excluding carboxylic acids is 5. The van der Waals surface area contributed by atoms with E-state index in [4.69, 9.17) is 55.8 Å². The van der Waals surface area contributed by atoms with Crippen molar-refractivity contribution in [3.05, 3.63) is 52.6 Å². The molecule has 1 fully saturated rings. The molecule has 1 aliphatic heterocycles. The van der Waals surface area contributed by atoms with Crippen molar-refractivity contribution in [3.8, 4) is 10.8 Å². The molecule has 0 bridgehead atoms. The number of hydrogen-bond donors (Lipinski definition) is 11. The number of nitrogens with zero attached hydrogens (tertiary/aromatic N) is 5. The van der Waals surface area contributed by atoms with Crippen molar-refractivity contribution in [3.63, 3.8) is 0 Å². The van der Waals surface area contributed by atoms with Crippen molar-refractivity contribution in [2.24, 2.45) is 38.8 Å². The number of furan rings is 1. The molecule has 80 heavy (non-hydrogen) atoms. The van der Waals surface area contributed by atoms with Gasteiger partial charge in [-0.15, -0.1) is 10.2 Å². The lowest BCUT2D eigenvalue weighted by atomic mass is 9.96. The Morgan fingerprint density at radius 3 is 1.93 bits per heavy atom. The first-order valence-electron chi connectivity index (χ1n) is 26.7.